The Hall–Kier alpha value is -0.980. The molecule has 2 nitrogen and oxygen atoms in total. The lowest BCUT2D eigenvalue weighted by molar-refractivity contribution is 0.295. The zero-order valence-electron chi connectivity index (χ0n) is 10.3. The molecule has 0 spiro atoms. The van der Waals surface area contributed by atoms with E-state index in [9.17, 15) is 8.78 Å². The molecular formula is C14H11Br2F2NO. The van der Waals surface area contributed by atoms with Crippen LogP contribution in [0.3, 0.4) is 0 Å². The van der Waals surface area contributed by atoms with Crippen molar-refractivity contribution in [3.63, 3.8) is 0 Å². The molecule has 0 fully saturated rings. The first-order valence-electron chi connectivity index (χ1n) is 5.76. The molecule has 2 N–H and O–H groups in total. The van der Waals surface area contributed by atoms with Crippen molar-refractivity contribution in [3.05, 3.63) is 62.0 Å². The van der Waals surface area contributed by atoms with Gasteiger partial charge in [0.2, 0.25) is 0 Å². The molecule has 0 saturated heterocycles. The van der Waals surface area contributed by atoms with Gasteiger partial charge in [0.25, 0.3) is 0 Å². The topological polar surface area (TPSA) is 35.2 Å². The van der Waals surface area contributed by atoms with Gasteiger partial charge in [-0.2, -0.15) is 0 Å². The van der Waals surface area contributed by atoms with Gasteiger partial charge in [0.15, 0.2) is 0 Å². The molecule has 0 heterocycles. The van der Waals surface area contributed by atoms with Crippen molar-refractivity contribution in [2.24, 2.45) is 5.73 Å². The number of hydrogen-bond donors (Lipinski definition) is 1. The van der Waals surface area contributed by atoms with Crippen LogP contribution >= 0.6 is 31.9 Å². The van der Waals surface area contributed by atoms with Crippen molar-refractivity contribution in [2.75, 3.05) is 0 Å². The van der Waals surface area contributed by atoms with E-state index in [1.165, 1.54) is 0 Å². The smallest absolute Gasteiger partial charge is 0.148 e. The largest absolute Gasteiger partial charge is 0.486 e. The van der Waals surface area contributed by atoms with Crippen LogP contribution in [0.25, 0.3) is 0 Å². The second-order valence-electron chi connectivity index (χ2n) is 4.12. The molecule has 20 heavy (non-hydrogen) atoms. The minimum Gasteiger partial charge on any atom is -0.486 e. The first-order chi connectivity index (χ1) is 9.51. The van der Waals surface area contributed by atoms with Crippen LogP contribution in [0, 0.1) is 11.6 Å². The molecule has 106 valence electrons. The van der Waals surface area contributed by atoms with Gasteiger partial charge in [-0.15, -0.1) is 0 Å². The molecule has 2 rings (SSSR count). The van der Waals surface area contributed by atoms with Crippen molar-refractivity contribution in [2.45, 2.75) is 13.2 Å². The Balaban J connectivity index is 2.21. The van der Waals surface area contributed by atoms with Gasteiger partial charge in [-0.3, -0.25) is 0 Å². The fourth-order valence-corrected chi connectivity index (χ4v) is 3.18. The Kier molecular flexibility index (Phi) is 5.12. The molecule has 0 radical (unpaired) electrons. The fraction of sp³-hybridized carbons (Fsp3) is 0.143. The number of rotatable bonds is 4. The minimum atomic E-state index is -0.503. The molecule has 0 aliphatic rings. The van der Waals surface area contributed by atoms with Gasteiger partial charge in [0.05, 0.1) is 8.95 Å². The van der Waals surface area contributed by atoms with E-state index < -0.39 is 11.6 Å². The summed E-state index contributed by atoms with van der Waals surface area (Å²) in [5.41, 5.74) is 6.65. The third-order valence-electron chi connectivity index (χ3n) is 2.67. The highest BCUT2D eigenvalue weighted by atomic mass is 79.9. The monoisotopic (exact) mass is 405 g/mol. The maximum Gasteiger partial charge on any atom is 0.148 e. The third-order valence-corrected chi connectivity index (χ3v) is 3.85. The molecule has 0 atom stereocenters. The standard InChI is InChI=1S/C14H11Br2F2NO/c15-11-3-8(6-19)4-12(16)14(11)20-7-9-5-10(17)1-2-13(9)18/h1-5H,6-7,19H2. The van der Waals surface area contributed by atoms with E-state index in [2.05, 4.69) is 31.9 Å². The summed E-state index contributed by atoms with van der Waals surface area (Å²) in [7, 11) is 0. The fourth-order valence-electron chi connectivity index (χ4n) is 1.67. The van der Waals surface area contributed by atoms with E-state index in [-0.39, 0.29) is 12.2 Å². The molecule has 0 aromatic heterocycles. The van der Waals surface area contributed by atoms with E-state index in [0.29, 0.717) is 21.2 Å². The predicted octanol–water partition coefficient (Wildman–Crippen LogP) is 4.53. The van der Waals surface area contributed by atoms with Crippen molar-refractivity contribution < 1.29 is 13.5 Å². The Morgan fingerprint density at radius 2 is 1.70 bits per heavy atom. The van der Waals surface area contributed by atoms with Crippen LogP contribution in [0.5, 0.6) is 5.75 Å². The third kappa shape index (κ3) is 3.56. The number of benzene rings is 2. The van der Waals surface area contributed by atoms with Crippen molar-refractivity contribution in [1.82, 2.24) is 0 Å². The summed E-state index contributed by atoms with van der Waals surface area (Å²) >= 11 is 6.73. The molecule has 2 aromatic rings. The van der Waals surface area contributed by atoms with Crippen molar-refractivity contribution >= 4 is 31.9 Å². The SMILES string of the molecule is NCc1cc(Br)c(OCc2cc(F)ccc2F)c(Br)c1. The van der Waals surface area contributed by atoms with Gasteiger partial charge in [0.1, 0.15) is 24.0 Å². The summed E-state index contributed by atoms with van der Waals surface area (Å²) in [6, 6.07) is 6.91. The summed E-state index contributed by atoms with van der Waals surface area (Å²) in [6.45, 7) is 0.332. The molecule has 0 amide bonds. The highest BCUT2D eigenvalue weighted by molar-refractivity contribution is 9.11. The number of ether oxygens (including phenoxy) is 1. The average Bonchev–Trinajstić information content (AvgIpc) is 2.41. The van der Waals surface area contributed by atoms with Crippen LogP contribution < -0.4 is 10.5 Å². The normalized spacial score (nSPS) is 10.7. The van der Waals surface area contributed by atoms with Gasteiger partial charge in [-0.25, -0.2) is 8.78 Å². The molecule has 0 unspecified atom stereocenters. The van der Waals surface area contributed by atoms with Gasteiger partial charge >= 0.3 is 0 Å². The van der Waals surface area contributed by atoms with Crippen LogP contribution in [0.4, 0.5) is 8.78 Å². The number of nitrogens with two attached hydrogens (primary N) is 1. The van der Waals surface area contributed by atoms with E-state index in [1.807, 2.05) is 12.1 Å². The summed E-state index contributed by atoms with van der Waals surface area (Å²) in [5.74, 6) is -0.482. The Morgan fingerprint density at radius 3 is 2.30 bits per heavy atom. The molecular weight excluding hydrogens is 396 g/mol. The molecule has 0 aliphatic heterocycles. The van der Waals surface area contributed by atoms with Crippen molar-refractivity contribution in [3.8, 4) is 5.75 Å². The van der Waals surface area contributed by atoms with Crippen LogP contribution in [0.1, 0.15) is 11.1 Å². The van der Waals surface area contributed by atoms with E-state index in [0.717, 1.165) is 23.8 Å². The lowest BCUT2D eigenvalue weighted by Crippen LogP contribution is -2.02. The van der Waals surface area contributed by atoms with E-state index in [1.54, 1.807) is 0 Å². The summed E-state index contributed by atoms with van der Waals surface area (Å²) in [4.78, 5) is 0. The highest BCUT2D eigenvalue weighted by Gasteiger charge is 2.11. The minimum absolute atomic E-state index is 0.0667. The average molecular weight is 407 g/mol. The second kappa shape index (κ2) is 6.65. The van der Waals surface area contributed by atoms with Gasteiger partial charge in [-0.05, 0) is 67.8 Å². The van der Waals surface area contributed by atoms with Crippen molar-refractivity contribution in [1.29, 1.82) is 0 Å². The quantitative estimate of drug-likeness (QED) is 0.809. The van der Waals surface area contributed by atoms with Crippen LogP contribution in [-0.2, 0) is 13.2 Å². The maximum absolute atomic E-state index is 13.5. The van der Waals surface area contributed by atoms with Gasteiger partial charge < -0.3 is 10.5 Å². The molecule has 0 saturated carbocycles. The maximum atomic E-state index is 13.5. The molecule has 2 aromatic carbocycles. The summed E-state index contributed by atoms with van der Waals surface area (Å²) in [6.07, 6.45) is 0. The molecule has 6 heteroatoms. The van der Waals surface area contributed by atoms with Crippen LogP contribution in [0.15, 0.2) is 39.3 Å². The zero-order chi connectivity index (χ0) is 14.7. The predicted molar refractivity (Wildman–Crippen MR) is 80.4 cm³/mol. The first-order valence-corrected chi connectivity index (χ1v) is 7.34. The molecule has 0 aliphatic carbocycles. The van der Waals surface area contributed by atoms with Gasteiger partial charge in [0, 0.05) is 12.1 Å². The Morgan fingerprint density at radius 1 is 1.05 bits per heavy atom. The second-order valence-corrected chi connectivity index (χ2v) is 5.83. The lowest BCUT2D eigenvalue weighted by Gasteiger charge is -2.12. The summed E-state index contributed by atoms with van der Waals surface area (Å²) in [5, 5.41) is 0. The van der Waals surface area contributed by atoms with E-state index in [4.69, 9.17) is 10.5 Å². The lowest BCUT2D eigenvalue weighted by atomic mass is 10.2. The zero-order valence-corrected chi connectivity index (χ0v) is 13.5. The number of halogens is 4. The Labute approximate surface area is 132 Å². The highest BCUT2D eigenvalue weighted by Crippen LogP contribution is 2.35. The molecule has 0 bridgehead atoms. The Bertz CT molecular complexity index is 612. The van der Waals surface area contributed by atoms with Gasteiger partial charge in [-0.1, -0.05) is 0 Å². The number of hydrogen-bond acceptors (Lipinski definition) is 2. The van der Waals surface area contributed by atoms with Crippen LogP contribution in [0.2, 0.25) is 0 Å². The summed E-state index contributed by atoms with van der Waals surface area (Å²) < 4.78 is 33.5. The van der Waals surface area contributed by atoms with Crippen LogP contribution in [-0.4, -0.2) is 0 Å². The van der Waals surface area contributed by atoms with E-state index >= 15 is 0 Å². The first kappa shape index (κ1) is 15.4.